The third-order valence-corrected chi connectivity index (χ3v) is 4.22. The van der Waals surface area contributed by atoms with Crippen molar-refractivity contribution in [2.45, 2.75) is 32.7 Å². The molecule has 1 fully saturated rings. The number of rotatable bonds is 4. The Morgan fingerprint density at radius 1 is 1.38 bits per heavy atom. The van der Waals surface area contributed by atoms with Crippen molar-refractivity contribution < 1.29 is 4.79 Å². The van der Waals surface area contributed by atoms with Crippen molar-refractivity contribution in [3.8, 4) is 11.3 Å². The van der Waals surface area contributed by atoms with E-state index < -0.39 is 0 Å². The van der Waals surface area contributed by atoms with E-state index >= 15 is 0 Å². The molecule has 2 aromatic rings. The molecule has 0 spiro atoms. The van der Waals surface area contributed by atoms with Crippen LogP contribution in [0.2, 0.25) is 0 Å². The monoisotopic (exact) mass is 301 g/mol. The lowest BCUT2D eigenvalue weighted by atomic mass is 10.1. The van der Waals surface area contributed by atoms with Crippen LogP contribution in [0.25, 0.3) is 11.3 Å². The number of carbonyl (C=O) groups is 1. The molecule has 1 amide bonds. The van der Waals surface area contributed by atoms with Gasteiger partial charge in [-0.05, 0) is 32.4 Å². The predicted molar refractivity (Wildman–Crippen MR) is 87.9 cm³/mol. The van der Waals surface area contributed by atoms with E-state index in [1.807, 2.05) is 23.1 Å². The average molecular weight is 301 g/mol. The van der Waals surface area contributed by atoms with E-state index in [4.69, 9.17) is 0 Å². The van der Waals surface area contributed by atoms with Crippen molar-refractivity contribution in [3.05, 3.63) is 29.6 Å². The van der Waals surface area contributed by atoms with Crippen LogP contribution in [0.3, 0.4) is 0 Å². The molecule has 0 saturated carbocycles. The van der Waals surface area contributed by atoms with Crippen LogP contribution >= 0.6 is 11.3 Å². The summed E-state index contributed by atoms with van der Waals surface area (Å²) in [6.45, 7) is 5.01. The van der Waals surface area contributed by atoms with Gasteiger partial charge in [0.05, 0.1) is 5.69 Å². The van der Waals surface area contributed by atoms with E-state index in [0.717, 1.165) is 35.0 Å². The van der Waals surface area contributed by atoms with Crippen LogP contribution in [0.5, 0.6) is 0 Å². The maximum Gasteiger partial charge on any atom is 0.227 e. The molecule has 1 aromatic heterocycles. The molecule has 21 heavy (non-hydrogen) atoms. The summed E-state index contributed by atoms with van der Waals surface area (Å²) in [7, 11) is 0. The lowest BCUT2D eigenvalue weighted by molar-refractivity contribution is -0.117. The van der Waals surface area contributed by atoms with E-state index in [1.165, 1.54) is 0 Å². The van der Waals surface area contributed by atoms with Gasteiger partial charge < -0.3 is 10.2 Å². The van der Waals surface area contributed by atoms with Crippen molar-refractivity contribution in [2.75, 3.05) is 16.8 Å². The summed E-state index contributed by atoms with van der Waals surface area (Å²) in [5.74, 6) is 0.215. The fourth-order valence-corrected chi connectivity index (χ4v) is 3.34. The molecule has 0 bridgehead atoms. The summed E-state index contributed by atoms with van der Waals surface area (Å²) >= 11 is 1.61. The zero-order valence-electron chi connectivity index (χ0n) is 12.3. The Morgan fingerprint density at radius 2 is 2.24 bits per heavy atom. The summed E-state index contributed by atoms with van der Waals surface area (Å²) in [5.41, 5.74) is 2.98. The number of nitrogens with zero attached hydrogens (tertiary/aromatic N) is 2. The first-order valence-corrected chi connectivity index (χ1v) is 8.14. The van der Waals surface area contributed by atoms with Crippen molar-refractivity contribution in [1.29, 1.82) is 0 Å². The molecular weight excluding hydrogens is 282 g/mol. The van der Waals surface area contributed by atoms with Crippen molar-refractivity contribution >= 4 is 28.1 Å². The molecule has 0 unspecified atom stereocenters. The molecule has 0 radical (unpaired) electrons. The van der Waals surface area contributed by atoms with Gasteiger partial charge >= 0.3 is 0 Å². The molecular formula is C16H19N3OS. The zero-order valence-corrected chi connectivity index (χ0v) is 13.1. The Morgan fingerprint density at radius 3 is 2.95 bits per heavy atom. The number of thiazole rings is 1. The van der Waals surface area contributed by atoms with Crippen LogP contribution in [0, 0.1) is 0 Å². The predicted octanol–water partition coefficient (Wildman–Crippen LogP) is 3.76. The number of carbonyl (C=O) groups excluding carboxylic acids is 1. The second-order valence-corrected chi connectivity index (χ2v) is 6.39. The Hall–Kier alpha value is -1.88. The van der Waals surface area contributed by atoms with Gasteiger partial charge in [-0.15, -0.1) is 11.3 Å². The normalized spacial score (nSPS) is 15.0. The first-order chi connectivity index (χ1) is 10.1. The molecule has 4 nitrogen and oxygen atoms in total. The van der Waals surface area contributed by atoms with Crippen LogP contribution in [-0.4, -0.2) is 23.5 Å². The summed E-state index contributed by atoms with van der Waals surface area (Å²) in [6.07, 6.45) is 1.60. The highest BCUT2D eigenvalue weighted by molar-refractivity contribution is 7.14. The quantitative estimate of drug-likeness (QED) is 0.935. The van der Waals surface area contributed by atoms with Gasteiger partial charge in [-0.1, -0.05) is 12.1 Å². The highest BCUT2D eigenvalue weighted by Crippen LogP contribution is 2.29. The standard InChI is InChI=1S/C16H19N3OS/c1-11(2)17-16-18-14(10-21-16)12-5-3-6-13(9-12)19-8-4-7-15(19)20/h3,5-6,9-11H,4,7-8H2,1-2H3,(H,17,18). The minimum Gasteiger partial charge on any atom is -0.359 e. The summed E-state index contributed by atoms with van der Waals surface area (Å²) in [6, 6.07) is 8.45. The zero-order chi connectivity index (χ0) is 14.8. The number of amides is 1. The van der Waals surface area contributed by atoms with Gasteiger partial charge in [-0.3, -0.25) is 4.79 Å². The van der Waals surface area contributed by atoms with Crippen LogP contribution in [0.4, 0.5) is 10.8 Å². The van der Waals surface area contributed by atoms with E-state index in [-0.39, 0.29) is 5.91 Å². The van der Waals surface area contributed by atoms with Crippen molar-refractivity contribution in [1.82, 2.24) is 4.98 Å². The highest BCUT2D eigenvalue weighted by Gasteiger charge is 2.21. The third-order valence-electron chi connectivity index (χ3n) is 3.44. The van der Waals surface area contributed by atoms with Crippen LogP contribution in [-0.2, 0) is 4.79 Å². The number of anilines is 2. The van der Waals surface area contributed by atoms with Crippen LogP contribution in [0.1, 0.15) is 26.7 Å². The van der Waals surface area contributed by atoms with Gasteiger partial charge in [0.2, 0.25) is 5.91 Å². The minimum atomic E-state index is 0.215. The first-order valence-electron chi connectivity index (χ1n) is 7.26. The second-order valence-electron chi connectivity index (χ2n) is 5.54. The molecule has 5 heteroatoms. The molecule has 0 atom stereocenters. The molecule has 1 aromatic carbocycles. The highest BCUT2D eigenvalue weighted by atomic mass is 32.1. The van der Waals surface area contributed by atoms with Crippen LogP contribution in [0.15, 0.2) is 29.6 Å². The molecule has 110 valence electrons. The van der Waals surface area contributed by atoms with Crippen molar-refractivity contribution in [3.63, 3.8) is 0 Å². The average Bonchev–Trinajstić information content (AvgIpc) is 3.07. The van der Waals surface area contributed by atoms with E-state index in [1.54, 1.807) is 11.3 Å². The first kappa shape index (κ1) is 14.1. The maximum atomic E-state index is 11.9. The summed E-state index contributed by atoms with van der Waals surface area (Å²) in [5, 5.41) is 6.30. The number of hydrogen-bond donors (Lipinski definition) is 1. The lowest BCUT2D eigenvalue weighted by Crippen LogP contribution is -2.23. The number of benzene rings is 1. The summed E-state index contributed by atoms with van der Waals surface area (Å²) in [4.78, 5) is 18.3. The number of hydrogen-bond acceptors (Lipinski definition) is 4. The largest absolute Gasteiger partial charge is 0.359 e. The fraction of sp³-hybridized carbons (Fsp3) is 0.375. The van der Waals surface area contributed by atoms with Gasteiger partial charge in [0.25, 0.3) is 0 Å². The minimum absolute atomic E-state index is 0.215. The van der Waals surface area contributed by atoms with E-state index in [9.17, 15) is 4.79 Å². The molecule has 0 aliphatic carbocycles. The topological polar surface area (TPSA) is 45.2 Å². The SMILES string of the molecule is CC(C)Nc1nc(-c2cccc(N3CCCC3=O)c2)cs1. The Bertz CT molecular complexity index is 650. The molecule has 3 rings (SSSR count). The molecule has 1 aliphatic rings. The lowest BCUT2D eigenvalue weighted by Gasteiger charge is -2.16. The van der Waals surface area contributed by atoms with E-state index in [2.05, 4.69) is 35.6 Å². The Balaban J connectivity index is 1.85. The number of nitrogens with one attached hydrogen (secondary N) is 1. The second kappa shape index (κ2) is 5.85. The summed E-state index contributed by atoms with van der Waals surface area (Å²) < 4.78 is 0. The van der Waals surface area contributed by atoms with Crippen molar-refractivity contribution in [2.24, 2.45) is 0 Å². The van der Waals surface area contributed by atoms with E-state index in [0.29, 0.717) is 12.5 Å². The van der Waals surface area contributed by atoms with Gasteiger partial charge in [0, 0.05) is 35.6 Å². The molecule has 2 heterocycles. The van der Waals surface area contributed by atoms with Gasteiger partial charge in [0.1, 0.15) is 0 Å². The fourth-order valence-electron chi connectivity index (χ4n) is 2.47. The third kappa shape index (κ3) is 3.08. The van der Waals surface area contributed by atoms with Gasteiger partial charge in [-0.25, -0.2) is 4.98 Å². The molecule has 1 aliphatic heterocycles. The molecule has 1 N–H and O–H groups in total. The van der Waals surface area contributed by atoms with Gasteiger partial charge in [-0.2, -0.15) is 0 Å². The maximum absolute atomic E-state index is 11.9. The van der Waals surface area contributed by atoms with Gasteiger partial charge in [0.15, 0.2) is 5.13 Å². The number of aromatic nitrogens is 1. The Labute approximate surface area is 128 Å². The van der Waals surface area contributed by atoms with Crippen LogP contribution < -0.4 is 10.2 Å². The Kier molecular flexibility index (Phi) is 3.92. The smallest absolute Gasteiger partial charge is 0.227 e. The molecule has 1 saturated heterocycles.